The second-order valence-electron chi connectivity index (χ2n) is 6.71. The fraction of sp³-hybridized carbons (Fsp3) is 0.824. The van der Waals surface area contributed by atoms with Gasteiger partial charge in [0.1, 0.15) is 0 Å². The molecule has 0 amide bonds. The van der Waals surface area contributed by atoms with Crippen molar-refractivity contribution in [3.63, 3.8) is 0 Å². The van der Waals surface area contributed by atoms with Crippen LogP contribution in [0.5, 0.6) is 0 Å². The minimum Gasteiger partial charge on any atom is -0.389 e. The molecule has 0 radical (unpaired) electrons. The van der Waals surface area contributed by atoms with Crippen molar-refractivity contribution in [3.05, 3.63) is 17.0 Å². The summed E-state index contributed by atoms with van der Waals surface area (Å²) in [6, 6.07) is 0.515. The lowest BCUT2D eigenvalue weighted by Gasteiger charge is -2.32. The van der Waals surface area contributed by atoms with Crippen LogP contribution in [-0.4, -0.2) is 14.9 Å². The van der Waals surface area contributed by atoms with Gasteiger partial charge in [-0.05, 0) is 50.9 Å². The SMILES string of the molecule is CCc1nn(C2CC(C)CC(C)C2)c(CC)c1C(C)O. The molecule has 0 spiro atoms. The Balaban J connectivity index is 2.40. The summed E-state index contributed by atoms with van der Waals surface area (Å²) in [5, 5.41) is 15.0. The average molecular weight is 278 g/mol. The molecule has 1 heterocycles. The molecule has 1 aromatic rings. The van der Waals surface area contributed by atoms with Gasteiger partial charge in [-0.25, -0.2) is 0 Å². The number of rotatable bonds is 4. The Morgan fingerprint density at radius 1 is 1.15 bits per heavy atom. The van der Waals surface area contributed by atoms with Crippen LogP contribution in [-0.2, 0) is 12.8 Å². The minimum atomic E-state index is -0.410. The summed E-state index contributed by atoms with van der Waals surface area (Å²) in [6.45, 7) is 10.9. The maximum absolute atomic E-state index is 10.1. The van der Waals surface area contributed by atoms with Gasteiger partial charge in [0, 0.05) is 11.3 Å². The van der Waals surface area contributed by atoms with E-state index in [-0.39, 0.29) is 0 Å². The number of aryl methyl sites for hydroxylation is 1. The Labute approximate surface area is 123 Å². The number of aliphatic hydroxyl groups is 1. The third-order valence-electron chi connectivity index (χ3n) is 4.71. The molecule has 3 atom stereocenters. The second kappa shape index (κ2) is 6.30. The molecule has 114 valence electrons. The molecule has 1 aromatic heterocycles. The largest absolute Gasteiger partial charge is 0.389 e. The first kappa shape index (κ1) is 15.6. The Bertz CT molecular complexity index is 440. The fourth-order valence-corrected chi connectivity index (χ4v) is 4.04. The summed E-state index contributed by atoms with van der Waals surface area (Å²) in [7, 11) is 0. The molecule has 1 N–H and O–H groups in total. The van der Waals surface area contributed by atoms with Crippen LogP contribution in [0.3, 0.4) is 0 Å². The van der Waals surface area contributed by atoms with E-state index < -0.39 is 6.10 Å². The van der Waals surface area contributed by atoms with Gasteiger partial charge in [-0.15, -0.1) is 0 Å². The van der Waals surface area contributed by atoms with E-state index >= 15 is 0 Å². The molecule has 1 aliphatic carbocycles. The van der Waals surface area contributed by atoms with Crippen molar-refractivity contribution in [2.75, 3.05) is 0 Å². The van der Waals surface area contributed by atoms with E-state index in [2.05, 4.69) is 32.4 Å². The number of hydrogen-bond acceptors (Lipinski definition) is 2. The minimum absolute atomic E-state index is 0.410. The van der Waals surface area contributed by atoms with Crippen LogP contribution in [0.2, 0.25) is 0 Å². The van der Waals surface area contributed by atoms with Crippen molar-refractivity contribution >= 4 is 0 Å². The van der Waals surface area contributed by atoms with Crippen LogP contribution in [0, 0.1) is 11.8 Å². The monoisotopic (exact) mass is 278 g/mol. The molecule has 20 heavy (non-hydrogen) atoms. The molecule has 1 aliphatic rings. The van der Waals surface area contributed by atoms with Gasteiger partial charge in [0.05, 0.1) is 17.8 Å². The summed E-state index contributed by atoms with van der Waals surface area (Å²) in [5.74, 6) is 1.55. The summed E-state index contributed by atoms with van der Waals surface area (Å²) in [5.41, 5.74) is 3.42. The highest BCUT2D eigenvalue weighted by Crippen LogP contribution is 2.38. The van der Waals surface area contributed by atoms with E-state index in [1.165, 1.54) is 25.0 Å². The number of hydrogen-bond donors (Lipinski definition) is 1. The average Bonchev–Trinajstić information content (AvgIpc) is 2.76. The van der Waals surface area contributed by atoms with Crippen LogP contribution in [0.1, 0.15) is 83.0 Å². The first-order valence-corrected chi connectivity index (χ1v) is 8.26. The number of aliphatic hydroxyl groups excluding tert-OH is 1. The van der Waals surface area contributed by atoms with Crippen LogP contribution in [0.15, 0.2) is 0 Å². The third kappa shape index (κ3) is 2.93. The maximum Gasteiger partial charge on any atom is 0.0798 e. The Morgan fingerprint density at radius 2 is 1.75 bits per heavy atom. The van der Waals surface area contributed by atoms with Gasteiger partial charge in [0.25, 0.3) is 0 Å². The molecule has 0 saturated heterocycles. The van der Waals surface area contributed by atoms with E-state index in [1.54, 1.807) is 0 Å². The van der Waals surface area contributed by atoms with Gasteiger partial charge in [0.2, 0.25) is 0 Å². The van der Waals surface area contributed by atoms with Gasteiger partial charge < -0.3 is 5.11 Å². The van der Waals surface area contributed by atoms with Gasteiger partial charge >= 0.3 is 0 Å². The standard InChI is InChI=1S/C17H30N2O/c1-6-15-17(13(5)20)16(7-2)19(18-15)14-9-11(3)8-12(4)10-14/h11-14,20H,6-10H2,1-5H3. The van der Waals surface area contributed by atoms with Gasteiger partial charge in [-0.3, -0.25) is 4.68 Å². The Kier molecular flexibility index (Phi) is 4.90. The zero-order valence-electron chi connectivity index (χ0n) is 13.7. The van der Waals surface area contributed by atoms with E-state index in [0.717, 1.165) is 35.9 Å². The lowest BCUT2D eigenvalue weighted by Crippen LogP contribution is -2.24. The lowest BCUT2D eigenvalue weighted by atomic mass is 9.80. The highest BCUT2D eigenvalue weighted by atomic mass is 16.3. The highest BCUT2D eigenvalue weighted by Gasteiger charge is 2.29. The van der Waals surface area contributed by atoms with E-state index in [1.807, 2.05) is 6.92 Å². The van der Waals surface area contributed by atoms with E-state index in [4.69, 9.17) is 5.10 Å². The Morgan fingerprint density at radius 3 is 2.20 bits per heavy atom. The molecule has 3 heteroatoms. The summed E-state index contributed by atoms with van der Waals surface area (Å²) in [4.78, 5) is 0. The molecule has 0 aromatic carbocycles. The van der Waals surface area contributed by atoms with Crippen molar-refractivity contribution in [2.24, 2.45) is 11.8 Å². The first-order valence-electron chi connectivity index (χ1n) is 8.26. The zero-order valence-corrected chi connectivity index (χ0v) is 13.7. The quantitative estimate of drug-likeness (QED) is 0.902. The van der Waals surface area contributed by atoms with Gasteiger partial charge in [-0.2, -0.15) is 5.10 Å². The fourth-order valence-electron chi connectivity index (χ4n) is 4.04. The van der Waals surface area contributed by atoms with Crippen LogP contribution in [0.25, 0.3) is 0 Å². The smallest absolute Gasteiger partial charge is 0.0798 e. The number of aromatic nitrogens is 2. The first-order chi connectivity index (χ1) is 9.47. The molecule has 0 bridgehead atoms. The predicted molar refractivity (Wildman–Crippen MR) is 82.8 cm³/mol. The second-order valence-corrected chi connectivity index (χ2v) is 6.71. The van der Waals surface area contributed by atoms with Crippen LogP contribution < -0.4 is 0 Å². The molecule has 1 saturated carbocycles. The molecule has 0 aliphatic heterocycles. The summed E-state index contributed by atoms with van der Waals surface area (Å²) < 4.78 is 2.26. The molecule has 3 unspecified atom stereocenters. The van der Waals surface area contributed by atoms with Crippen molar-refractivity contribution in [3.8, 4) is 0 Å². The van der Waals surface area contributed by atoms with Crippen LogP contribution in [0.4, 0.5) is 0 Å². The number of nitrogens with zero attached hydrogens (tertiary/aromatic N) is 2. The normalized spacial score (nSPS) is 28.6. The van der Waals surface area contributed by atoms with Crippen molar-refractivity contribution in [2.45, 2.75) is 78.9 Å². The molecule has 3 nitrogen and oxygen atoms in total. The summed E-state index contributed by atoms with van der Waals surface area (Å²) >= 11 is 0. The van der Waals surface area contributed by atoms with Gasteiger partial charge in [-0.1, -0.05) is 27.7 Å². The Hall–Kier alpha value is -0.830. The molecular weight excluding hydrogens is 248 g/mol. The van der Waals surface area contributed by atoms with E-state index in [9.17, 15) is 5.11 Å². The van der Waals surface area contributed by atoms with Crippen molar-refractivity contribution in [1.29, 1.82) is 0 Å². The highest BCUT2D eigenvalue weighted by molar-refractivity contribution is 5.29. The van der Waals surface area contributed by atoms with E-state index in [0.29, 0.717) is 6.04 Å². The predicted octanol–water partition coefficient (Wildman–Crippen LogP) is 4.06. The molecule has 1 fully saturated rings. The maximum atomic E-state index is 10.1. The van der Waals surface area contributed by atoms with Crippen molar-refractivity contribution < 1.29 is 5.11 Å². The topological polar surface area (TPSA) is 38.0 Å². The summed E-state index contributed by atoms with van der Waals surface area (Å²) in [6.07, 6.45) is 5.23. The third-order valence-corrected chi connectivity index (χ3v) is 4.71. The van der Waals surface area contributed by atoms with Gasteiger partial charge in [0.15, 0.2) is 0 Å². The van der Waals surface area contributed by atoms with Crippen LogP contribution >= 0.6 is 0 Å². The van der Waals surface area contributed by atoms with Crippen molar-refractivity contribution in [1.82, 2.24) is 9.78 Å². The molecule has 2 rings (SSSR count). The lowest BCUT2D eigenvalue weighted by molar-refractivity contribution is 0.193. The zero-order chi connectivity index (χ0) is 14.9. The molecular formula is C17H30N2O.